The predicted molar refractivity (Wildman–Crippen MR) is 64.8 cm³/mol. The third kappa shape index (κ3) is 3.60. The molecule has 17 heavy (non-hydrogen) atoms. The zero-order valence-corrected chi connectivity index (χ0v) is 9.94. The van der Waals surface area contributed by atoms with Crippen molar-refractivity contribution in [3.63, 3.8) is 0 Å². The predicted octanol–water partition coefficient (Wildman–Crippen LogP) is 2.16. The highest BCUT2D eigenvalue weighted by molar-refractivity contribution is 6.31. The van der Waals surface area contributed by atoms with Crippen LogP contribution in [0.25, 0.3) is 0 Å². The van der Waals surface area contributed by atoms with Crippen LogP contribution >= 0.6 is 11.6 Å². The molecule has 0 bridgehead atoms. The van der Waals surface area contributed by atoms with Crippen LogP contribution in [0.15, 0.2) is 36.4 Å². The van der Waals surface area contributed by atoms with Crippen LogP contribution in [0, 0.1) is 0 Å². The van der Waals surface area contributed by atoms with Crippen molar-refractivity contribution in [1.29, 1.82) is 0 Å². The molecule has 4 nitrogen and oxygen atoms in total. The van der Waals surface area contributed by atoms with Crippen molar-refractivity contribution in [2.75, 3.05) is 0 Å². The molecule has 0 aromatic heterocycles. The lowest BCUT2D eigenvalue weighted by Crippen LogP contribution is -2.32. The van der Waals surface area contributed by atoms with Gasteiger partial charge in [0.15, 0.2) is 6.04 Å². The molecule has 0 unspecified atom stereocenters. The van der Waals surface area contributed by atoms with Crippen molar-refractivity contribution in [3.05, 3.63) is 47.0 Å². The summed E-state index contributed by atoms with van der Waals surface area (Å²) >= 11 is 5.89. The first kappa shape index (κ1) is 13.3. The molecular formula is C12H12ClNO3. The van der Waals surface area contributed by atoms with Crippen molar-refractivity contribution in [1.82, 2.24) is 5.32 Å². The minimum Gasteiger partial charge on any atom is -0.479 e. The van der Waals surface area contributed by atoms with Gasteiger partial charge < -0.3 is 10.4 Å². The van der Waals surface area contributed by atoms with Crippen molar-refractivity contribution < 1.29 is 14.7 Å². The second-order valence-corrected chi connectivity index (χ2v) is 3.71. The zero-order valence-electron chi connectivity index (χ0n) is 9.18. The largest absolute Gasteiger partial charge is 0.479 e. The molecule has 2 N–H and O–H groups in total. The van der Waals surface area contributed by atoms with E-state index in [-0.39, 0.29) is 0 Å². The Morgan fingerprint density at radius 3 is 2.59 bits per heavy atom. The Balaban J connectivity index is 2.99. The number of carboxylic acids is 1. The fourth-order valence-corrected chi connectivity index (χ4v) is 1.57. The molecular weight excluding hydrogens is 242 g/mol. The molecule has 0 aliphatic carbocycles. The summed E-state index contributed by atoms with van der Waals surface area (Å²) in [6.45, 7) is 1.67. The van der Waals surface area contributed by atoms with Gasteiger partial charge in [-0.3, -0.25) is 4.79 Å². The molecule has 0 heterocycles. The molecule has 0 aliphatic heterocycles. The summed E-state index contributed by atoms with van der Waals surface area (Å²) in [7, 11) is 0. The fourth-order valence-electron chi connectivity index (χ4n) is 1.32. The van der Waals surface area contributed by atoms with Gasteiger partial charge in [-0.1, -0.05) is 35.9 Å². The molecule has 0 spiro atoms. The molecule has 0 saturated carbocycles. The van der Waals surface area contributed by atoms with Gasteiger partial charge >= 0.3 is 5.97 Å². The number of carbonyl (C=O) groups is 2. The van der Waals surface area contributed by atoms with E-state index in [0.29, 0.717) is 10.6 Å². The maximum absolute atomic E-state index is 11.3. The van der Waals surface area contributed by atoms with Crippen LogP contribution in [-0.2, 0) is 9.59 Å². The van der Waals surface area contributed by atoms with Gasteiger partial charge in [0.25, 0.3) is 0 Å². The molecule has 1 aromatic rings. The first-order valence-corrected chi connectivity index (χ1v) is 5.34. The standard InChI is InChI=1S/C12H12ClNO3/c1-2-5-10(15)14-11(12(16)17)8-6-3-4-7-9(8)13/h2-7,11H,1H3,(H,14,15)(H,16,17)/b5-2+/t11-/m1/s1. The number of nitrogens with one attached hydrogen (secondary N) is 1. The van der Waals surface area contributed by atoms with Gasteiger partial charge in [-0.25, -0.2) is 4.79 Å². The van der Waals surface area contributed by atoms with Crippen LogP contribution in [0.2, 0.25) is 5.02 Å². The first-order valence-electron chi connectivity index (χ1n) is 4.96. The smallest absolute Gasteiger partial charge is 0.330 e. The van der Waals surface area contributed by atoms with Crippen molar-refractivity contribution in [3.8, 4) is 0 Å². The lowest BCUT2D eigenvalue weighted by atomic mass is 10.1. The summed E-state index contributed by atoms with van der Waals surface area (Å²) in [5.74, 6) is -1.63. The Labute approximate surface area is 104 Å². The number of hydrogen-bond donors (Lipinski definition) is 2. The highest BCUT2D eigenvalue weighted by Crippen LogP contribution is 2.22. The van der Waals surface area contributed by atoms with Crippen LogP contribution < -0.4 is 5.32 Å². The van der Waals surface area contributed by atoms with E-state index in [2.05, 4.69) is 5.32 Å². The highest BCUT2D eigenvalue weighted by Gasteiger charge is 2.23. The van der Waals surface area contributed by atoms with Crippen LogP contribution in [0.5, 0.6) is 0 Å². The summed E-state index contributed by atoms with van der Waals surface area (Å²) in [4.78, 5) is 22.4. The topological polar surface area (TPSA) is 66.4 Å². The number of aliphatic carboxylic acids is 1. The van der Waals surface area contributed by atoms with E-state index in [1.165, 1.54) is 12.2 Å². The highest BCUT2D eigenvalue weighted by atomic mass is 35.5. The number of hydrogen-bond acceptors (Lipinski definition) is 2. The van der Waals surface area contributed by atoms with Crippen LogP contribution in [-0.4, -0.2) is 17.0 Å². The van der Waals surface area contributed by atoms with E-state index in [0.717, 1.165) is 0 Å². The van der Waals surface area contributed by atoms with E-state index < -0.39 is 17.9 Å². The second-order valence-electron chi connectivity index (χ2n) is 3.30. The van der Waals surface area contributed by atoms with Gasteiger partial charge in [-0.05, 0) is 19.1 Å². The quantitative estimate of drug-likeness (QED) is 0.808. The SMILES string of the molecule is C/C=C/C(=O)N[C@@H](C(=O)O)c1ccccc1Cl. The van der Waals surface area contributed by atoms with E-state index in [9.17, 15) is 9.59 Å². The van der Waals surface area contributed by atoms with Crippen LogP contribution in [0.4, 0.5) is 0 Å². The van der Waals surface area contributed by atoms with E-state index in [1.54, 1.807) is 31.2 Å². The second kappa shape index (κ2) is 6.06. The Hall–Kier alpha value is -1.81. The van der Waals surface area contributed by atoms with Crippen molar-refractivity contribution in [2.45, 2.75) is 13.0 Å². The molecule has 0 radical (unpaired) electrons. The number of rotatable bonds is 4. The lowest BCUT2D eigenvalue weighted by molar-refractivity contribution is -0.141. The molecule has 0 fully saturated rings. The minimum absolute atomic E-state index is 0.306. The first-order chi connectivity index (χ1) is 8.06. The third-order valence-electron chi connectivity index (χ3n) is 2.07. The Kier molecular flexibility index (Phi) is 4.72. The van der Waals surface area contributed by atoms with Crippen LogP contribution in [0.3, 0.4) is 0 Å². The molecule has 90 valence electrons. The monoisotopic (exact) mass is 253 g/mol. The molecule has 1 rings (SSSR count). The van der Waals surface area contributed by atoms with Gasteiger partial charge in [0.2, 0.25) is 5.91 Å². The van der Waals surface area contributed by atoms with Gasteiger partial charge in [0, 0.05) is 10.6 Å². The molecule has 5 heteroatoms. The summed E-state index contributed by atoms with van der Waals surface area (Å²) in [6, 6.07) is 5.36. The van der Waals surface area contributed by atoms with E-state index in [1.807, 2.05) is 0 Å². The molecule has 0 saturated heterocycles. The minimum atomic E-state index is -1.16. The number of benzene rings is 1. The zero-order chi connectivity index (χ0) is 12.8. The number of carbonyl (C=O) groups excluding carboxylic acids is 1. The van der Waals surface area contributed by atoms with Crippen molar-refractivity contribution in [2.24, 2.45) is 0 Å². The number of amides is 1. The summed E-state index contributed by atoms with van der Waals surface area (Å²) in [5, 5.41) is 11.7. The number of halogens is 1. The summed E-state index contributed by atoms with van der Waals surface area (Å²) < 4.78 is 0. The normalized spacial score (nSPS) is 12.4. The molecule has 1 atom stereocenters. The maximum atomic E-state index is 11.3. The van der Waals surface area contributed by atoms with E-state index >= 15 is 0 Å². The Morgan fingerprint density at radius 2 is 2.06 bits per heavy atom. The number of allylic oxidation sites excluding steroid dienone is 1. The molecule has 1 amide bonds. The third-order valence-corrected chi connectivity index (χ3v) is 2.41. The summed E-state index contributed by atoms with van der Waals surface area (Å²) in [5.41, 5.74) is 0.361. The average molecular weight is 254 g/mol. The van der Waals surface area contributed by atoms with Crippen LogP contribution in [0.1, 0.15) is 18.5 Å². The number of carboxylic acid groups (broad SMARTS) is 1. The van der Waals surface area contributed by atoms with Crippen molar-refractivity contribution >= 4 is 23.5 Å². The average Bonchev–Trinajstić information content (AvgIpc) is 2.27. The maximum Gasteiger partial charge on any atom is 0.330 e. The van der Waals surface area contributed by atoms with Gasteiger partial charge in [0.1, 0.15) is 0 Å². The Bertz CT molecular complexity index is 457. The van der Waals surface area contributed by atoms with E-state index in [4.69, 9.17) is 16.7 Å². The molecule has 1 aromatic carbocycles. The molecule has 0 aliphatic rings. The van der Waals surface area contributed by atoms with Gasteiger partial charge in [0.05, 0.1) is 0 Å². The fraction of sp³-hybridized carbons (Fsp3) is 0.167. The lowest BCUT2D eigenvalue weighted by Gasteiger charge is -2.14. The van der Waals surface area contributed by atoms with Gasteiger partial charge in [-0.2, -0.15) is 0 Å². The van der Waals surface area contributed by atoms with Gasteiger partial charge in [-0.15, -0.1) is 0 Å². The Morgan fingerprint density at radius 1 is 1.41 bits per heavy atom. The summed E-state index contributed by atoms with van der Waals surface area (Å²) in [6.07, 6.45) is 2.79.